The van der Waals surface area contributed by atoms with Gasteiger partial charge in [0.05, 0.1) is 0 Å². The molecule has 3 nitrogen and oxygen atoms in total. The van der Waals surface area contributed by atoms with Crippen molar-refractivity contribution in [3.8, 4) is 0 Å². The molecule has 1 heterocycles. The first-order valence-corrected chi connectivity index (χ1v) is 7.74. The van der Waals surface area contributed by atoms with Gasteiger partial charge in [-0.3, -0.25) is 0 Å². The Labute approximate surface area is 125 Å². The Morgan fingerprint density at radius 2 is 2.11 bits per heavy atom. The van der Waals surface area contributed by atoms with E-state index in [2.05, 4.69) is 70.1 Å². The lowest BCUT2D eigenvalue weighted by molar-refractivity contribution is 0.275. The van der Waals surface area contributed by atoms with Gasteiger partial charge in [-0.2, -0.15) is 0 Å². The zero-order valence-corrected chi connectivity index (χ0v) is 13.9. The molecule has 19 heavy (non-hydrogen) atoms. The van der Waals surface area contributed by atoms with E-state index < -0.39 is 0 Å². The van der Waals surface area contributed by atoms with E-state index in [1.807, 2.05) is 7.05 Å². The molecule has 1 aliphatic rings. The van der Waals surface area contributed by atoms with Crippen LogP contribution in [0.3, 0.4) is 0 Å². The molecule has 1 N–H and O–H groups in total. The van der Waals surface area contributed by atoms with E-state index in [-0.39, 0.29) is 0 Å². The van der Waals surface area contributed by atoms with E-state index in [9.17, 15) is 0 Å². The molecule has 1 aromatic carbocycles. The largest absolute Gasteiger partial charge is 0.366 e. The number of piperazine rings is 1. The topological polar surface area (TPSA) is 18.5 Å². The first-order chi connectivity index (χ1) is 9.02. The van der Waals surface area contributed by atoms with Crippen molar-refractivity contribution < 1.29 is 0 Å². The third-order valence-corrected chi connectivity index (χ3v) is 4.73. The van der Waals surface area contributed by atoms with Gasteiger partial charge in [-0.15, -0.1) is 0 Å². The summed E-state index contributed by atoms with van der Waals surface area (Å²) in [5, 5.41) is 3.29. The molecule has 0 aliphatic carbocycles. The van der Waals surface area contributed by atoms with Gasteiger partial charge in [0.25, 0.3) is 0 Å². The highest BCUT2D eigenvalue weighted by Crippen LogP contribution is 2.29. The number of anilines is 1. The van der Waals surface area contributed by atoms with Gasteiger partial charge in [0.2, 0.25) is 0 Å². The van der Waals surface area contributed by atoms with Crippen LogP contribution in [0, 0.1) is 0 Å². The summed E-state index contributed by atoms with van der Waals surface area (Å²) < 4.78 is 1.19. The molecule has 0 saturated carbocycles. The normalized spacial score (nSPS) is 22.6. The van der Waals surface area contributed by atoms with Crippen molar-refractivity contribution in [1.29, 1.82) is 0 Å². The first kappa shape index (κ1) is 14.8. The van der Waals surface area contributed by atoms with Gasteiger partial charge < -0.3 is 15.1 Å². The second-order valence-corrected chi connectivity index (χ2v) is 6.38. The van der Waals surface area contributed by atoms with Crippen molar-refractivity contribution in [2.75, 3.05) is 38.6 Å². The van der Waals surface area contributed by atoms with Crippen LogP contribution in [0.15, 0.2) is 22.7 Å². The molecule has 4 heteroatoms. The summed E-state index contributed by atoms with van der Waals surface area (Å²) >= 11 is 3.71. The minimum Gasteiger partial charge on any atom is -0.366 e. The van der Waals surface area contributed by atoms with Crippen LogP contribution in [0.4, 0.5) is 5.69 Å². The predicted molar refractivity (Wildman–Crippen MR) is 85.9 cm³/mol. The second-order valence-electron chi connectivity index (χ2n) is 5.52. The van der Waals surface area contributed by atoms with Gasteiger partial charge >= 0.3 is 0 Å². The number of rotatable bonds is 3. The molecule has 1 saturated heterocycles. The molecule has 0 amide bonds. The number of halogens is 1. The zero-order valence-electron chi connectivity index (χ0n) is 12.3. The predicted octanol–water partition coefficient (Wildman–Crippen LogP) is 2.87. The van der Waals surface area contributed by atoms with E-state index in [0.717, 1.165) is 19.6 Å². The van der Waals surface area contributed by atoms with E-state index in [0.29, 0.717) is 12.1 Å². The maximum Gasteiger partial charge on any atom is 0.0389 e. The number of likely N-dealkylation sites (N-methyl/N-ethyl adjacent to an activating group) is 1. The van der Waals surface area contributed by atoms with Crippen molar-refractivity contribution >= 4 is 21.6 Å². The zero-order chi connectivity index (χ0) is 14.0. The minimum atomic E-state index is 0.369. The number of hydrogen-bond donors (Lipinski definition) is 1. The fourth-order valence-corrected chi connectivity index (χ4v) is 3.43. The first-order valence-electron chi connectivity index (χ1n) is 6.95. The molecule has 2 unspecified atom stereocenters. The number of benzene rings is 1. The van der Waals surface area contributed by atoms with Gasteiger partial charge in [-0.05, 0) is 45.6 Å². The molecular formula is C15H24BrN3. The molecule has 106 valence electrons. The van der Waals surface area contributed by atoms with E-state index >= 15 is 0 Å². The fourth-order valence-electron chi connectivity index (χ4n) is 2.72. The summed E-state index contributed by atoms with van der Waals surface area (Å²) in [7, 11) is 4.19. The third kappa shape index (κ3) is 3.30. The van der Waals surface area contributed by atoms with Crippen LogP contribution in [0.5, 0.6) is 0 Å². The fraction of sp³-hybridized carbons (Fsp3) is 0.600. The van der Waals surface area contributed by atoms with Gasteiger partial charge in [-0.25, -0.2) is 0 Å². The average Bonchev–Trinajstić information content (AvgIpc) is 2.37. The second kappa shape index (κ2) is 6.25. The Morgan fingerprint density at radius 1 is 1.37 bits per heavy atom. The van der Waals surface area contributed by atoms with Crippen LogP contribution in [0.25, 0.3) is 0 Å². The van der Waals surface area contributed by atoms with Crippen molar-refractivity contribution in [3.05, 3.63) is 28.2 Å². The quantitative estimate of drug-likeness (QED) is 0.921. The van der Waals surface area contributed by atoms with E-state index in [4.69, 9.17) is 0 Å². The smallest absolute Gasteiger partial charge is 0.0389 e. The van der Waals surface area contributed by atoms with Gasteiger partial charge in [-0.1, -0.05) is 22.0 Å². The molecular weight excluding hydrogens is 302 g/mol. The Hall–Kier alpha value is -0.580. The van der Waals surface area contributed by atoms with Crippen molar-refractivity contribution in [2.24, 2.45) is 0 Å². The number of hydrogen-bond acceptors (Lipinski definition) is 3. The highest BCUT2D eigenvalue weighted by Gasteiger charge is 2.22. The monoisotopic (exact) mass is 325 g/mol. The summed E-state index contributed by atoms with van der Waals surface area (Å²) in [6, 6.07) is 7.67. The van der Waals surface area contributed by atoms with Crippen LogP contribution in [0.2, 0.25) is 0 Å². The van der Waals surface area contributed by atoms with Gasteiger partial charge in [0.1, 0.15) is 0 Å². The lowest BCUT2D eigenvalue weighted by Crippen LogP contribution is -2.50. The molecule has 0 spiro atoms. The lowest BCUT2D eigenvalue weighted by atomic mass is 10.1. The van der Waals surface area contributed by atoms with Crippen LogP contribution >= 0.6 is 15.9 Å². The van der Waals surface area contributed by atoms with E-state index in [1.54, 1.807) is 0 Å². The Bertz CT molecular complexity index is 435. The molecule has 2 rings (SSSR count). The molecule has 1 aliphatic heterocycles. The lowest BCUT2D eigenvalue weighted by Gasteiger charge is -2.40. The maximum absolute atomic E-state index is 3.71. The van der Waals surface area contributed by atoms with Crippen LogP contribution in [0.1, 0.15) is 25.5 Å². The summed E-state index contributed by atoms with van der Waals surface area (Å²) in [5.41, 5.74) is 2.63. The van der Waals surface area contributed by atoms with Crippen molar-refractivity contribution in [2.45, 2.75) is 25.9 Å². The van der Waals surface area contributed by atoms with Crippen molar-refractivity contribution in [1.82, 2.24) is 10.2 Å². The summed E-state index contributed by atoms with van der Waals surface area (Å²) in [5.74, 6) is 0. The Balaban J connectivity index is 2.20. The minimum absolute atomic E-state index is 0.369. The van der Waals surface area contributed by atoms with E-state index in [1.165, 1.54) is 15.7 Å². The standard InChI is InChI=1S/C15H24BrN3/c1-11-10-18(4)7-8-19(11)13-5-6-14(12(2)17-3)15(16)9-13/h5-6,9,11-12,17H,7-8,10H2,1-4H3. The van der Waals surface area contributed by atoms with Crippen molar-refractivity contribution in [3.63, 3.8) is 0 Å². The highest BCUT2D eigenvalue weighted by molar-refractivity contribution is 9.10. The van der Waals surface area contributed by atoms with Crippen LogP contribution in [-0.2, 0) is 0 Å². The summed E-state index contributed by atoms with van der Waals surface area (Å²) in [4.78, 5) is 4.90. The molecule has 2 atom stereocenters. The van der Waals surface area contributed by atoms with Gasteiger partial charge in [0.15, 0.2) is 0 Å². The SMILES string of the molecule is CNC(C)c1ccc(N2CCN(C)CC2C)cc1Br. The van der Waals surface area contributed by atoms with Crippen LogP contribution in [-0.4, -0.2) is 44.7 Å². The summed E-state index contributed by atoms with van der Waals surface area (Å²) in [6.07, 6.45) is 0. The molecule has 0 radical (unpaired) electrons. The number of nitrogens with one attached hydrogen (secondary N) is 1. The molecule has 1 fully saturated rings. The average molecular weight is 326 g/mol. The third-order valence-electron chi connectivity index (χ3n) is 4.05. The maximum atomic E-state index is 3.71. The Kier molecular flexibility index (Phi) is 4.87. The Morgan fingerprint density at radius 3 is 2.68 bits per heavy atom. The summed E-state index contributed by atoms with van der Waals surface area (Å²) in [6.45, 7) is 7.85. The molecule has 0 bridgehead atoms. The highest BCUT2D eigenvalue weighted by atomic mass is 79.9. The molecule has 0 aromatic heterocycles. The molecule has 1 aromatic rings. The van der Waals surface area contributed by atoms with Crippen LogP contribution < -0.4 is 10.2 Å². The van der Waals surface area contributed by atoms with Gasteiger partial charge in [0, 0.05) is 41.9 Å². The number of nitrogens with zero attached hydrogens (tertiary/aromatic N) is 2.